The summed E-state index contributed by atoms with van der Waals surface area (Å²) in [7, 11) is 1.56. The summed E-state index contributed by atoms with van der Waals surface area (Å²) in [5, 5.41) is 2.77. The van der Waals surface area contributed by atoms with Crippen LogP contribution in [0.4, 0.5) is 8.78 Å². The van der Waals surface area contributed by atoms with Crippen molar-refractivity contribution >= 4 is 5.91 Å². The molecule has 4 nitrogen and oxygen atoms in total. The SMILES string of the molecule is CCO[C@@H]1C[C@@H](NC(=O)Cc2cc(F)ccc2F)[C@H]1OC. The Balaban J connectivity index is 1.89. The lowest BCUT2D eigenvalue weighted by atomic mass is 9.85. The second-order valence-corrected chi connectivity index (χ2v) is 5.02. The van der Waals surface area contributed by atoms with Crippen molar-refractivity contribution < 1.29 is 23.0 Å². The second kappa shape index (κ2) is 6.95. The topological polar surface area (TPSA) is 47.6 Å². The number of methoxy groups -OCH3 is 1. The Hall–Kier alpha value is -1.53. The zero-order valence-electron chi connectivity index (χ0n) is 12.1. The van der Waals surface area contributed by atoms with Crippen molar-refractivity contribution in [3.8, 4) is 0 Å². The number of rotatable bonds is 6. The molecule has 0 radical (unpaired) electrons. The van der Waals surface area contributed by atoms with E-state index in [4.69, 9.17) is 9.47 Å². The molecule has 1 aromatic carbocycles. The molecule has 1 N–H and O–H groups in total. The van der Waals surface area contributed by atoms with Gasteiger partial charge in [0, 0.05) is 19.3 Å². The number of hydrogen-bond acceptors (Lipinski definition) is 3. The summed E-state index contributed by atoms with van der Waals surface area (Å²) >= 11 is 0. The number of amides is 1. The average molecular weight is 299 g/mol. The van der Waals surface area contributed by atoms with E-state index in [2.05, 4.69) is 5.32 Å². The average Bonchev–Trinajstić information content (AvgIpc) is 2.42. The maximum atomic E-state index is 13.5. The highest BCUT2D eigenvalue weighted by Gasteiger charge is 2.42. The smallest absolute Gasteiger partial charge is 0.224 e. The molecule has 1 saturated carbocycles. The number of carbonyl (C=O) groups is 1. The zero-order valence-corrected chi connectivity index (χ0v) is 12.1. The summed E-state index contributed by atoms with van der Waals surface area (Å²) in [6.07, 6.45) is 0.224. The largest absolute Gasteiger partial charge is 0.377 e. The molecule has 1 aromatic rings. The molecular formula is C15H19F2NO3. The molecule has 0 unspecified atom stereocenters. The first-order valence-corrected chi connectivity index (χ1v) is 6.92. The fourth-order valence-electron chi connectivity index (χ4n) is 2.53. The van der Waals surface area contributed by atoms with Gasteiger partial charge < -0.3 is 14.8 Å². The third-order valence-electron chi connectivity index (χ3n) is 3.61. The van der Waals surface area contributed by atoms with E-state index in [1.54, 1.807) is 7.11 Å². The van der Waals surface area contributed by atoms with Crippen LogP contribution in [0.2, 0.25) is 0 Å². The molecule has 0 bridgehead atoms. The van der Waals surface area contributed by atoms with Crippen LogP contribution in [-0.2, 0) is 20.7 Å². The predicted molar refractivity (Wildman–Crippen MR) is 72.8 cm³/mol. The highest BCUT2D eigenvalue weighted by Crippen LogP contribution is 2.27. The lowest BCUT2D eigenvalue weighted by Gasteiger charge is -2.43. The highest BCUT2D eigenvalue weighted by molar-refractivity contribution is 5.79. The first-order chi connectivity index (χ1) is 10.0. The summed E-state index contributed by atoms with van der Waals surface area (Å²) in [6, 6.07) is 2.92. The number of ether oxygens (including phenoxy) is 2. The Kier molecular flexibility index (Phi) is 5.25. The molecule has 0 heterocycles. The van der Waals surface area contributed by atoms with Gasteiger partial charge in [0.2, 0.25) is 5.91 Å². The number of nitrogens with one attached hydrogen (secondary N) is 1. The molecule has 0 aromatic heterocycles. The van der Waals surface area contributed by atoms with Crippen LogP contribution in [0, 0.1) is 11.6 Å². The van der Waals surface area contributed by atoms with Crippen molar-refractivity contribution in [2.75, 3.05) is 13.7 Å². The van der Waals surface area contributed by atoms with Crippen molar-refractivity contribution in [3.05, 3.63) is 35.4 Å². The van der Waals surface area contributed by atoms with E-state index in [9.17, 15) is 13.6 Å². The van der Waals surface area contributed by atoms with E-state index in [0.29, 0.717) is 13.0 Å². The van der Waals surface area contributed by atoms with Crippen molar-refractivity contribution in [2.45, 2.75) is 38.0 Å². The van der Waals surface area contributed by atoms with Crippen LogP contribution in [0.3, 0.4) is 0 Å². The molecule has 6 heteroatoms. The van der Waals surface area contributed by atoms with Crippen LogP contribution in [0.25, 0.3) is 0 Å². The third-order valence-corrected chi connectivity index (χ3v) is 3.61. The number of hydrogen-bond donors (Lipinski definition) is 1. The fraction of sp³-hybridized carbons (Fsp3) is 0.533. The van der Waals surface area contributed by atoms with Crippen LogP contribution in [-0.4, -0.2) is 37.9 Å². The summed E-state index contributed by atoms with van der Waals surface area (Å²) in [4.78, 5) is 11.9. The Morgan fingerprint density at radius 1 is 1.43 bits per heavy atom. The van der Waals surface area contributed by atoms with E-state index in [1.165, 1.54) is 0 Å². The second-order valence-electron chi connectivity index (χ2n) is 5.02. The van der Waals surface area contributed by atoms with E-state index in [-0.39, 0.29) is 36.1 Å². The van der Waals surface area contributed by atoms with E-state index < -0.39 is 11.6 Å². The molecule has 0 aliphatic heterocycles. The summed E-state index contributed by atoms with van der Waals surface area (Å²) < 4.78 is 37.3. The standard InChI is InChI=1S/C15H19F2NO3/c1-3-21-13-8-12(15(13)20-2)18-14(19)7-9-6-10(16)4-5-11(9)17/h4-6,12-13,15H,3,7-8H2,1-2H3,(H,18,19)/t12-,13-,15-/m1/s1. The Labute approximate surface area is 122 Å². The molecule has 1 aliphatic rings. The summed E-state index contributed by atoms with van der Waals surface area (Å²) in [6.45, 7) is 2.48. The van der Waals surface area contributed by atoms with Gasteiger partial charge in [0.05, 0.1) is 18.6 Å². The predicted octanol–water partition coefficient (Wildman–Crippen LogP) is 1.82. The van der Waals surface area contributed by atoms with Crippen LogP contribution in [0.5, 0.6) is 0 Å². The molecule has 0 spiro atoms. The van der Waals surface area contributed by atoms with Gasteiger partial charge in [-0.25, -0.2) is 8.78 Å². The molecule has 1 amide bonds. The minimum absolute atomic E-state index is 0.0313. The van der Waals surface area contributed by atoms with Gasteiger partial charge in [-0.05, 0) is 31.5 Å². The number of carbonyl (C=O) groups excluding carboxylic acids is 1. The lowest BCUT2D eigenvalue weighted by Crippen LogP contribution is -2.61. The van der Waals surface area contributed by atoms with Crippen LogP contribution < -0.4 is 5.32 Å². The van der Waals surface area contributed by atoms with E-state index in [0.717, 1.165) is 18.2 Å². The van der Waals surface area contributed by atoms with Gasteiger partial charge in [-0.3, -0.25) is 4.79 Å². The van der Waals surface area contributed by atoms with Gasteiger partial charge >= 0.3 is 0 Å². The molecule has 1 fully saturated rings. The van der Waals surface area contributed by atoms with Crippen molar-refractivity contribution in [1.29, 1.82) is 0 Å². The third kappa shape index (κ3) is 3.77. The maximum absolute atomic E-state index is 13.5. The van der Waals surface area contributed by atoms with Gasteiger partial charge in [-0.2, -0.15) is 0 Å². The number of halogens is 2. The first-order valence-electron chi connectivity index (χ1n) is 6.92. The molecule has 1 aliphatic carbocycles. The molecule has 2 rings (SSSR count). The van der Waals surface area contributed by atoms with Gasteiger partial charge in [-0.1, -0.05) is 0 Å². The molecule has 116 valence electrons. The summed E-state index contributed by atoms with van der Waals surface area (Å²) in [5.41, 5.74) is 0.0437. The lowest BCUT2D eigenvalue weighted by molar-refractivity contribution is -0.142. The maximum Gasteiger partial charge on any atom is 0.224 e. The Bertz CT molecular complexity index is 510. The Morgan fingerprint density at radius 3 is 2.86 bits per heavy atom. The fourth-order valence-corrected chi connectivity index (χ4v) is 2.53. The number of benzene rings is 1. The minimum atomic E-state index is -0.587. The van der Waals surface area contributed by atoms with Crippen LogP contribution >= 0.6 is 0 Å². The minimum Gasteiger partial charge on any atom is -0.377 e. The zero-order chi connectivity index (χ0) is 15.4. The molecule has 3 atom stereocenters. The van der Waals surface area contributed by atoms with Gasteiger partial charge in [0.1, 0.15) is 17.7 Å². The first kappa shape index (κ1) is 15.9. The van der Waals surface area contributed by atoms with Crippen molar-refractivity contribution in [3.63, 3.8) is 0 Å². The quantitative estimate of drug-likeness (QED) is 0.871. The van der Waals surface area contributed by atoms with Crippen molar-refractivity contribution in [2.24, 2.45) is 0 Å². The van der Waals surface area contributed by atoms with Gasteiger partial charge in [-0.15, -0.1) is 0 Å². The van der Waals surface area contributed by atoms with E-state index in [1.807, 2.05) is 6.92 Å². The normalized spacial score (nSPS) is 24.5. The Morgan fingerprint density at radius 2 is 2.19 bits per heavy atom. The van der Waals surface area contributed by atoms with Crippen molar-refractivity contribution in [1.82, 2.24) is 5.32 Å². The highest BCUT2D eigenvalue weighted by atomic mass is 19.1. The monoisotopic (exact) mass is 299 g/mol. The van der Waals surface area contributed by atoms with Gasteiger partial charge in [0.15, 0.2) is 0 Å². The van der Waals surface area contributed by atoms with Crippen LogP contribution in [0.15, 0.2) is 18.2 Å². The molecular weight excluding hydrogens is 280 g/mol. The van der Waals surface area contributed by atoms with Crippen LogP contribution in [0.1, 0.15) is 18.9 Å². The summed E-state index contributed by atoms with van der Waals surface area (Å²) in [5.74, 6) is -1.51. The molecule has 0 saturated heterocycles. The molecule has 21 heavy (non-hydrogen) atoms. The van der Waals surface area contributed by atoms with Gasteiger partial charge in [0.25, 0.3) is 0 Å². The van der Waals surface area contributed by atoms with E-state index >= 15 is 0 Å².